The topological polar surface area (TPSA) is 63.2 Å². The highest BCUT2D eigenvalue weighted by molar-refractivity contribution is 7.91. The summed E-state index contributed by atoms with van der Waals surface area (Å²) in [7, 11) is -2.89. The van der Waals surface area contributed by atoms with E-state index in [-0.39, 0.29) is 29.4 Å². The summed E-state index contributed by atoms with van der Waals surface area (Å²) in [5.41, 5.74) is 0. The Kier molecular flexibility index (Phi) is 2.69. The molecular formula is C12H19NO3S. The molecule has 1 heterocycles. The minimum Gasteiger partial charge on any atom is -0.352 e. The van der Waals surface area contributed by atoms with Gasteiger partial charge in [0.05, 0.1) is 11.5 Å². The van der Waals surface area contributed by atoms with Crippen LogP contribution in [0.2, 0.25) is 0 Å². The predicted octanol–water partition coefficient (Wildman–Crippen LogP) is 0.726. The van der Waals surface area contributed by atoms with E-state index in [1.165, 1.54) is 25.7 Å². The first kappa shape index (κ1) is 11.5. The first-order chi connectivity index (χ1) is 8.07. The highest BCUT2D eigenvalue weighted by Gasteiger charge is 2.55. The first-order valence-corrected chi connectivity index (χ1v) is 8.40. The third-order valence-electron chi connectivity index (χ3n) is 4.54. The Labute approximate surface area is 102 Å². The van der Waals surface area contributed by atoms with Gasteiger partial charge in [0.1, 0.15) is 0 Å². The van der Waals surface area contributed by atoms with E-state index in [1.807, 2.05) is 0 Å². The van der Waals surface area contributed by atoms with E-state index in [9.17, 15) is 13.2 Å². The predicted molar refractivity (Wildman–Crippen MR) is 64.1 cm³/mol. The van der Waals surface area contributed by atoms with Crippen LogP contribution >= 0.6 is 0 Å². The number of fused-ring (bicyclic) bond motifs is 1. The van der Waals surface area contributed by atoms with Crippen molar-refractivity contribution in [2.24, 2.45) is 17.8 Å². The molecule has 0 bridgehead atoms. The molecule has 0 aromatic rings. The van der Waals surface area contributed by atoms with E-state index in [1.54, 1.807) is 0 Å². The lowest BCUT2D eigenvalue weighted by atomic mass is 10.0. The number of rotatable bonds is 2. The van der Waals surface area contributed by atoms with Crippen molar-refractivity contribution >= 4 is 15.7 Å². The van der Waals surface area contributed by atoms with Crippen molar-refractivity contribution in [3.05, 3.63) is 0 Å². The number of carbonyl (C=O) groups is 1. The molecule has 1 saturated heterocycles. The Morgan fingerprint density at radius 2 is 1.71 bits per heavy atom. The molecule has 3 fully saturated rings. The van der Waals surface area contributed by atoms with E-state index in [0.717, 1.165) is 0 Å². The smallest absolute Gasteiger partial charge is 0.223 e. The van der Waals surface area contributed by atoms with Gasteiger partial charge >= 0.3 is 0 Å². The standard InChI is InChI=1S/C12H19NO3S/c14-12(11-9-3-1-2-4-10(9)11)13-8-5-6-17(15,16)7-8/h8-11H,1-7H2,(H,13,14)/t8-,9-,10+,11?/m0/s1. The summed E-state index contributed by atoms with van der Waals surface area (Å²) < 4.78 is 22.6. The molecule has 3 aliphatic rings. The monoisotopic (exact) mass is 257 g/mol. The van der Waals surface area contributed by atoms with Gasteiger partial charge in [-0.15, -0.1) is 0 Å². The third-order valence-corrected chi connectivity index (χ3v) is 6.31. The average Bonchev–Trinajstić information content (AvgIpc) is 2.91. The lowest BCUT2D eigenvalue weighted by Gasteiger charge is -2.10. The molecule has 1 N–H and O–H groups in total. The highest BCUT2D eigenvalue weighted by Crippen LogP contribution is 2.55. The number of sulfone groups is 1. The SMILES string of the molecule is O=C(N[C@H]1CCS(=O)(=O)C1)C1[C@H]2CCCC[C@@H]12. The van der Waals surface area contributed by atoms with Crippen LogP contribution in [0.1, 0.15) is 32.1 Å². The molecule has 4 atom stereocenters. The van der Waals surface area contributed by atoms with E-state index in [4.69, 9.17) is 0 Å². The van der Waals surface area contributed by atoms with Crippen molar-refractivity contribution in [2.75, 3.05) is 11.5 Å². The Balaban J connectivity index is 1.55. The summed E-state index contributed by atoms with van der Waals surface area (Å²) in [5, 5.41) is 2.93. The number of nitrogens with one attached hydrogen (secondary N) is 1. The zero-order valence-electron chi connectivity index (χ0n) is 9.89. The van der Waals surface area contributed by atoms with E-state index in [0.29, 0.717) is 18.3 Å². The maximum Gasteiger partial charge on any atom is 0.223 e. The van der Waals surface area contributed by atoms with Crippen LogP contribution in [0.25, 0.3) is 0 Å². The average molecular weight is 257 g/mol. The van der Waals surface area contributed by atoms with Crippen LogP contribution in [0.5, 0.6) is 0 Å². The Morgan fingerprint density at radius 3 is 2.24 bits per heavy atom. The second kappa shape index (κ2) is 3.97. The van der Waals surface area contributed by atoms with Crippen molar-refractivity contribution in [2.45, 2.75) is 38.1 Å². The van der Waals surface area contributed by atoms with Gasteiger partial charge in [-0.1, -0.05) is 12.8 Å². The molecular weight excluding hydrogens is 238 g/mol. The van der Waals surface area contributed by atoms with Gasteiger partial charge in [-0.05, 0) is 31.1 Å². The Morgan fingerprint density at radius 1 is 1.06 bits per heavy atom. The van der Waals surface area contributed by atoms with Crippen LogP contribution in [-0.4, -0.2) is 31.9 Å². The molecule has 1 unspecified atom stereocenters. The Bertz CT molecular complexity index is 419. The van der Waals surface area contributed by atoms with Gasteiger partial charge in [-0.2, -0.15) is 0 Å². The van der Waals surface area contributed by atoms with Gasteiger partial charge in [0.2, 0.25) is 5.91 Å². The molecule has 0 aromatic heterocycles. The summed E-state index contributed by atoms with van der Waals surface area (Å²) in [6.07, 6.45) is 5.47. The van der Waals surface area contributed by atoms with E-state index >= 15 is 0 Å². The molecule has 1 aliphatic heterocycles. The summed E-state index contributed by atoms with van der Waals surface area (Å²) in [6.45, 7) is 0. The number of hydrogen-bond donors (Lipinski definition) is 1. The van der Waals surface area contributed by atoms with Crippen molar-refractivity contribution in [3.8, 4) is 0 Å². The largest absolute Gasteiger partial charge is 0.352 e. The minimum absolute atomic E-state index is 0.115. The molecule has 17 heavy (non-hydrogen) atoms. The number of carbonyl (C=O) groups excluding carboxylic acids is 1. The van der Waals surface area contributed by atoms with Gasteiger partial charge < -0.3 is 5.32 Å². The quantitative estimate of drug-likeness (QED) is 0.793. The molecule has 0 aromatic carbocycles. The van der Waals surface area contributed by atoms with Crippen molar-refractivity contribution < 1.29 is 13.2 Å². The van der Waals surface area contributed by atoms with Crippen molar-refractivity contribution in [1.82, 2.24) is 5.32 Å². The first-order valence-electron chi connectivity index (χ1n) is 6.58. The molecule has 3 rings (SSSR count). The van der Waals surface area contributed by atoms with Crippen LogP contribution in [0, 0.1) is 17.8 Å². The fourth-order valence-electron chi connectivity index (χ4n) is 3.59. The van der Waals surface area contributed by atoms with Crippen molar-refractivity contribution in [1.29, 1.82) is 0 Å². The van der Waals surface area contributed by atoms with Crippen LogP contribution < -0.4 is 5.32 Å². The van der Waals surface area contributed by atoms with Crippen LogP contribution in [0.4, 0.5) is 0 Å². The second-order valence-corrected chi connectivity index (χ2v) is 7.98. The van der Waals surface area contributed by atoms with Gasteiger partial charge in [-0.3, -0.25) is 4.79 Å². The zero-order valence-corrected chi connectivity index (χ0v) is 10.7. The maximum absolute atomic E-state index is 12.0. The van der Waals surface area contributed by atoms with Crippen LogP contribution in [-0.2, 0) is 14.6 Å². The molecule has 0 spiro atoms. The van der Waals surface area contributed by atoms with Crippen molar-refractivity contribution in [3.63, 3.8) is 0 Å². The lowest BCUT2D eigenvalue weighted by Crippen LogP contribution is -2.37. The second-order valence-electron chi connectivity index (χ2n) is 5.75. The molecule has 2 saturated carbocycles. The Hall–Kier alpha value is -0.580. The van der Waals surface area contributed by atoms with Gasteiger partial charge in [0, 0.05) is 12.0 Å². The fourth-order valence-corrected chi connectivity index (χ4v) is 5.26. The van der Waals surface area contributed by atoms with Gasteiger partial charge in [-0.25, -0.2) is 8.42 Å². The third kappa shape index (κ3) is 2.21. The van der Waals surface area contributed by atoms with E-state index in [2.05, 4.69) is 5.32 Å². The molecule has 5 heteroatoms. The lowest BCUT2D eigenvalue weighted by molar-refractivity contribution is -0.123. The molecule has 4 nitrogen and oxygen atoms in total. The number of amides is 1. The van der Waals surface area contributed by atoms with E-state index < -0.39 is 9.84 Å². The summed E-state index contributed by atoms with van der Waals surface area (Å²) >= 11 is 0. The fraction of sp³-hybridized carbons (Fsp3) is 0.917. The summed E-state index contributed by atoms with van der Waals surface area (Å²) in [6, 6.07) is -0.129. The highest BCUT2D eigenvalue weighted by atomic mass is 32.2. The maximum atomic E-state index is 12.0. The molecule has 2 aliphatic carbocycles. The molecule has 0 radical (unpaired) electrons. The van der Waals surface area contributed by atoms with Gasteiger partial charge in [0.25, 0.3) is 0 Å². The normalized spacial score (nSPS) is 42.8. The molecule has 1 amide bonds. The van der Waals surface area contributed by atoms with Gasteiger partial charge in [0.15, 0.2) is 9.84 Å². The molecule has 96 valence electrons. The van der Waals surface area contributed by atoms with Crippen LogP contribution in [0.3, 0.4) is 0 Å². The summed E-state index contributed by atoms with van der Waals surface area (Å²) in [4.78, 5) is 12.0. The zero-order chi connectivity index (χ0) is 12.0. The van der Waals surface area contributed by atoms with Crippen LogP contribution in [0.15, 0.2) is 0 Å². The minimum atomic E-state index is -2.89. The number of hydrogen-bond acceptors (Lipinski definition) is 3. The summed E-state index contributed by atoms with van der Waals surface area (Å²) in [5.74, 6) is 1.88.